The van der Waals surface area contributed by atoms with Crippen molar-refractivity contribution in [3.05, 3.63) is 16.4 Å². The molecule has 1 atom stereocenters. The number of likely N-dealkylation sites (tertiary alicyclic amines) is 1. The molecule has 1 aliphatic heterocycles. The van der Waals surface area contributed by atoms with Gasteiger partial charge in [0, 0.05) is 26.8 Å². The lowest BCUT2D eigenvalue weighted by molar-refractivity contribution is -0.127. The molecule has 0 aromatic carbocycles. The summed E-state index contributed by atoms with van der Waals surface area (Å²) in [7, 11) is 3.27. The molecule has 8 heteroatoms. The Balaban J connectivity index is 2.12. The standard InChI is InChI=1S/C13H19BrN4O3/c1-15-10(19)6-13(21)4-3-5-18(8-13)12(20)11-9(14)7-17(2)16-11/h7,21H,3-6,8H2,1-2H3,(H,15,19). The van der Waals surface area contributed by atoms with Crippen LogP contribution in [-0.4, -0.2) is 57.3 Å². The molecule has 21 heavy (non-hydrogen) atoms. The molecule has 0 saturated carbocycles. The third-order valence-electron chi connectivity index (χ3n) is 3.60. The minimum atomic E-state index is -1.17. The highest BCUT2D eigenvalue weighted by Gasteiger charge is 2.37. The van der Waals surface area contributed by atoms with Crippen LogP contribution < -0.4 is 5.32 Å². The van der Waals surface area contributed by atoms with Crippen LogP contribution in [0.1, 0.15) is 29.8 Å². The van der Waals surface area contributed by atoms with Crippen LogP contribution in [0.5, 0.6) is 0 Å². The number of aryl methyl sites for hydroxylation is 1. The van der Waals surface area contributed by atoms with Crippen molar-refractivity contribution in [2.24, 2.45) is 7.05 Å². The lowest BCUT2D eigenvalue weighted by Gasteiger charge is -2.38. The highest BCUT2D eigenvalue weighted by molar-refractivity contribution is 9.10. The maximum atomic E-state index is 12.5. The maximum absolute atomic E-state index is 12.5. The molecule has 2 amide bonds. The minimum Gasteiger partial charge on any atom is -0.388 e. The van der Waals surface area contributed by atoms with Crippen molar-refractivity contribution in [1.82, 2.24) is 20.0 Å². The number of piperidine rings is 1. The number of carbonyl (C=O) groups is 2. The molecule has 0 spiro atoms. The number of aliphatic hydroxyl groups is 1. The normalized spacial score (nSPS) is 22.2. The zero-order valence-electron chi connectivity index (χ0n) is 12.1. The molecule has 0 radical (unpaired) electrons. The van der Waals surface area contributed by atoms with Gasteiger partial charge < -0.3 is 15.3 Å². The number of hydrogen-bond donors (Lipinski definition) is 2. The van der Waals surface area contributed by atoms with E-state index in [1.807, 2.05) is 0 Å². The van der Waals surface area contributed by atoms with E-state index in [-0.39, 0.29) is 24.8 Å². The third-order valence-corrected chi connectivity index (χ3v) is 4.18. The van der Waals surface area contributed by atoms with Gasteiger partial charge in [-0.1, -0.05) is 0 Å². The van der Waals surface area contributed by atoms with Gasteiger partial charge in [0.2, 0.25) is 5.91 Å². The first-order valence-corrected chi connectivity index (χ1v) is 7.55. The smallest absolute Gasteiger partial charge is 0.275 e. The predicted octanol–water partition coefficient (Wildman–Crippen LogP) is 0.286. The van der Waals surface area contributed by atoms with Crippen molar-refractivity contribution < 1.29 is 14.7 Å². The molecule has 2 heterocycles. The van der Waals surface area contributed by atoms with Gasteiger partial charge in [-0.15, -0.1) is 0 Å². The molecule has 7 nitrogen and oxygen atoms in total. The number of aromatic nitrogens is 2. The molecule has 2 N–H and O–H groups in total. The van der Waals surface area contributed by atoms with E-state index in [0.29, 0.717) is 29.6 Å². The Bertz CT molecular complexity index is 560. The Kier molecular flexibility index (Phi) is 4.67. The van der Waals surface area contributed by atoms with Crippen LogP contribution >= 0.6 is 15.9 Å². The summed E-state index contributed by atoms with van der Waals surface area (Å²) in [5, 5.41) is 17.1. The number of carbonyl (C=O) groups excluding carboxylic acids is 2. The number of rotatable bonds is 3. The molecule has 1 saturated heterocycles. The highest BCUT2D eigenvalue weighted by Crippen LogP contribution is 2.26. The van der Waals surface area contributed by atoms with E-state index in [9.17, 15) is 14.7 Å². The Morgan fingerprint density at radius 3 is 2.86 bits per heavy atom. The van der Waals surface area contributed by atoms with Gasteiger partial charge >= 0.3 is 0 Å². The summed E-state index contributed by atoms with van der Waals surface area (Å²) in [4.78, 5) is 25.5. The summed E-state index contributed by atoms with van der Waals surface area (Å²) in [6.07, 6.45) is 2.86. The molecule has 116 valence electrons. The molecule has 0 bridgehead atoms. The Morgan fingerprint density at radius 2 is 2.29 bits per heavy atom. The number of hydrogen-bond acceptors (Lipinski definition) is 4. The number of amides is 2. The van der Waals surface area contributed by atoms with Crippen LogP contribution in [0.3, 0.4) is 0 Å². The van der Waals surface area contributed by atoms with Gasteiger partial charge in [-0.05, 0) is 28.8 Å². The summed E-state index contributed by atoms with van der Waals surface area (Å²) in [6, 6.07) is 0. The first kappa shape index (κ1) is 16.0. The summed E-state index contributed by atoms with van der Waals surface area (Å²) in [5.41, 5.74) is -0.850. The number of halogens is 1. The lowest BCUT2D eigenvalue weighted by atomic mass is 9.89. The summed E-state index contributed by atoms with van der Waals surface area (Å²) in [5.74, 6) is -0.469. The van der Waals surface area contributed by atoms with Gasteiger partial charge in [0.25, 0.3) is 5.91 Å². The summed E-state index contributed by atoms with van der Waals surface area (Å²) in [6.45, 7) is 0.695. The highest BCUT2D eigenvalue weighted by atomic mass is 79.9. The molecular weight excluding hydrogens is 340 g/mol. The minimum absolute atomic E-state index is 0.00331. The predicted molar refractivity (Wildman–Crippen MR) is 79.7 cm³/mol. The van der Waals surface area contributed by atoms with E-state index in [2.05, 4.69) is 26.3 Å². The second-order valence-electron chi connectivity index (χ2n) is 5.40. The molecule has 0 aliphatic carbocycles. The fourth-order valence-electron chi connectivity index (χ4n) is 2.57. The summed E-state index contributed by atoms with van der Waals surface area (Å²) < 4.78 is 2.17. The number of nitrogens with one attached hydrogen (secondary N) is 1. The first-order valence-electron chi connectivity index (χ1n) is 6.76. The van der Waals surface area contributed by atoms with Crippen LogP contribution in [0.4, 0.5) is 0 Å². The van der Waals surface area contributed by atoms with Gasteiger partial charge in [0.05, 0.1) is 23.0 Å². The monoisotopic (exact) mass is 358 g/mol. The van der Waals surface area contributed by atoms with Gasteiger partial charge in [-0.2, -0.15) is 5.10 Å². The van der Waals surface area contributed by atoms with E-state index >= 15 is 0 Å². The van der Waals surface area contributed by atoms with Crippen molar-refractivity contribution in [3.63, 3.8) is 0 Å². The SMILES string of the molecule is CNC(=O)CC1(O)CCCN(C(=O)c2nn(C)cc2Br)C1. The van der Waals surface area contributed by atoms with Crippen LogP contribution in [0.25, 0.3) is 0 Å². The van der Waals surface area contributed by atoms with Crippen LogP contribution in [0.2, 0.25) is 0 Å². The number of β-amino-alcohol motifs (C(OH)–C–C–N with tert-alkyl or cyclic N) is 1. The van der Waals surface area contributed by atoms with E-state index in [4.69, 9.17) is 0 Å². The van der Waals surface area contributed by atoms with Crippen LogP contribution in [0, 0.1) is 0 Å². The van der Waals surface area contributed by atoms with E-state index in [1.165, 1.54) is 7.05 Å². The largest absolute Gasteiger partial charge is 0.388 e. The fourth-order valence-corrected chi connectivity index (χ4v) is 3.12. The molecule has 1 fully saturated rings. The lowest BCUT2D eigenvalue weighted by Crippen LogP contribution is -2.52. The Labute approximate surface area is 131 Å². The van der Waals surface area contributed by atoms with Gasteiger partial charge in [-0.25, -0.2) is 0 Å². The quantitative estimate of drug-likeness (QED) is 0.812. The average Bonchev–Trinajstić information content (AvgIpc) is 2.76. The van der Waals surface area contributed by atoms with Crippen molar-refractivity contribution in [2.45, 2.75) is 24.9 Å². The number of nitrogens with zero attached hydrogens (tertiary/aromatic N) is 3. The van der Waals surface area contributed by atoms with Crippen molar-refractivity contribution in [2.75, 3.05) is 20.1 Å². The third kappa shape index (κ3) is 3.62. The second kappa shape index (κ2) is 6.15. The molecule has 1 unspecified atom stereocenters. The van der Waals surface area contributed by atoms with Gasteiger partial charge in [0.1, 0.15) is 0 Å². The van der Waals surface area contributed by atoms with Crippen LogP contribution in [0.15, 0.2) is 10.7 Å². The molecule has 1 aromatic rings. The Morgan fingerprint density at radius 1 is 1.57 bits per heavy atom. The second-order valence-corrected chi connectivity index (χ2v) is 6.26. The average molecular weight is 359 g/mol. The zero-order valence-corrected chi connectivity index (χ0v) is 13.7. The van der Waals surface area contributed by atoms with E-state index in [0.717, 1.165) is 0 Å². The maximum Gasteiger partial charge on any atom is 0.275 e. The van der Waals surface area contributed by atoms with Crippen LogP contribution in [-0.2, 0) is 11.8 Å². The topological polar surface area (TPSA) is 87.5 Å². The van der Waals surface area contributed by atoms with Crippen molar-refractivity contribution >= 4 is 27.7 Å². The molecule has 2 rings (SSSR count). The van der Waals surface area contributed by atoms with Crippen molar-refractivity contribution in [3.8, 4) is 0 Å². The van der Waals surface area contributed by atoms with E-state index in [1.54, 1.807) is 22.8 Å². The molecular formula is C13H19BrN4O3. The Hall–Kier alpha value is -1.41. The first-order chi connectivity index (χ1) is 9.84. The summed E-state index contributed by atoms with van der Waals surface area (Å²) >= 11 is 3.31. The van der Waals surface area contributed by atoms with E-state index < -0.39 is 5.60 Å². The fraction of sp³-hybridized carbons (Fsp3) is 0.615. The van der Waals surface area contributed by atoms with Gasteiger partial charge in [0.15, 0.2) is 5.69 Å². The molecule has 1 aliphatic rings. The zero-order chi connectivity index (χ0) is 15.6. The van der Waals surface area contributed by atoms with Crippen molar-refractivity contribution in [1.29, 1.82) is 0 Å². The molecule has 1 aromatic heterocycles. The van der Waals surface area contributed by atoms with Gasteiger partial charge in [-0.3, -0.25) is 14.3 Å².